The second-order valence-corrected chi connectivity index (χ2v) is 5.03. The summed E-state index contributed by atoms with van der Waals surface area (Å²) in [5, 5.41) is 13.6. The lowest BCUT2D eigenvalue weighted by molar-refractivity contribution is -0.385. The first-order valence-electron chi connectivity index (χ1n) is 5.88. The average molecular weight is 358 g/mol. The minimum Gasteiger partial charge on any atom is -0.365 e. The predicted molar refractivity (Wildman–Crippen MR) is 77.3 cm³/mol. The van der Waals surface area contributed by atoms with Gasteiger partial charge in [0, 0.05) is 18.2 Å². The highest BCUT2D eigenvalue weighted by Crippen LogP contribution is 2.25. The minimum absolute atomic E-state index is 0.0339. The van der Waals surface area contributed by atoms with Crippen molar-refractivity contribution in [3.05, 3.63) is 62.2 Å². The first-order valence-corrected chi connectivity index (χ1v) is 6.67. The van der Waals surface area contributed by atoms with E-state index in [1.807, 2.05) is 0 Å². The molecule has 2 rings (SSSR count). The van der Waals surface area contributed by atoms with E-state index in [1.165, 1.54) is 18.2 Å². The SMILES string of the molecule is O=[N+]([O-])c1cnc(NCc2ccc(C(F)F)cc2)c(Br)c1. The molecule has 1 aromatic carbocycles. The second kappa shape index (κ2) is 6.57. The monoisotopic (exact) mass is 357 g/mol. The number of halogens is 3. The molecule has 0 saturated heterocycles. The molecular weight excluding hydrogens is 348 g/mol. The minimum atomic E-state index is -2.49. The summed E-state index contributed by atoms with van der Waals surface area (Å²) in [6.07, 6.45) is -1.34. The smallest absolute Gasteiger partial charge is 0.288 e. The van der Waals surface area contributed by atoms with Crippen LogP contribution >= 0.6 is 15.9 Å². The van der Waals surface area contributed by atoms with Crippen molar-refractivity contribution in [2.75, 3.05) is 5.32 Å². The van der Waals surface area contributed by atoms with E-state index in [0.29, 0.717) is 16.8 Å². The Morgan fingerprint density at radius 3 is 2.52 bits per heavy atom. The van der Waals surface area contributed by atoms with Crippen LogP contribution in [0.4, 0.5) is 20.3 Å². The molecule has 0 amide bonds. The third kappa shape index (κ3) is 3.94. The van der Waals surface area contributed by atoms with Gasteiger partial charge in [0.1, 0.15) is 12.0 Å². The summed E-state index contributed by atoms with van der Waals surface area (Å²) >= 11 is 3.19. The number of benzene rings is 1. The fraction of sp³-hybridized carbons (Fsp3) is 0.154. The third-order valence-corrected chi connectivity index (χ3v) is 3.33. The van der Waals surface area contributed by atoms with Crippen LogP contribution in [0.5, 0.6) is 0 Å². The number of aromatic nitrogens is 1. The van der Waals surface area contributed by atoms with E-state index >= 15 is 0 Å². The third-order valence-electron chi connectivity index (χ3n) is 2.73. The Hall–Kier alpha value is -2.09. The molecule has 0 atom stereocenters. The zero-order valence-corrected chi connectivity index (χ0v) is 12.2. The first-order chi connectivity index (χ1) is 9.97. The molecule has 0 radical (unpaired) electrons. The summed E-state index contributed by atoms with van der Waals surface area (Å²) in [5.74, 6) is 0.443. The van der Waals surface area contributed by atoms with Gasteiger partial charge in [0.2, 0.25) is 0 Å². The molecule has 0 spiro atoms. The summed E-state index contributed by atoms with van der Waals surface area (Å²) in [6.45, 7) is 0.368. The maximum atomic E-state index is 12.4. The van der Waals surface area contributed by atoms with Gasteiger partial charge in [0.25, 0.3) is 12.1 Å². The topological polar surface area (TPSA) is 68.1 Å². The Kier molecular flexibility index (Phi) is 4.79. The molecule has 8 heteroatoms. The molecule has 0 aliphatic carbocycles. The van der Waals surface area contributed by atoms with Crippen molar-refractivity contribution in [2.24, 2.45) is 0 Å². The highest BCUT2D eigenvalue weighted by atomic mass is 79.9. The number of alkyl halides is 2. The zero-order chi connectivity index (χ0) is 15.4. The summed E-state index contributed by atoms with van der Waals surface area (Å²) in [5.41, 5.74) is 0.647. The Morgan fingerprint density at radius 2 is 2.00 bits per heavy atom. The van der Waals surface area contributed by atoms with Gasteiger partial charge in [-0.05, 0) is 21.5 Å². The van der Waals surface area contributed by atoms with Crippen molar-refractivity contribution in [1.29, 1.82) is 0 Å². The number of nitro groups is 1. The molecule has 0 aliphatic heterocycles. The largest absolute Gasteiger partial charge is 0.365 e. The van der Waals surface area contributed by atoms with Crippen LogP contribution in [0.15, 0.2) is 41.0 Å². The van der Waals surface area contributed by atoms with Crippen LogP contribution < -0.4 is 5.32 Å². The zero-order valence-electron chi connectivity index (χ0n) is 10.6. The second-order valence-electron chi connectivity index (χ2n) is 4.18. The lowest BCUT2D eigenvalue weighted by Gasteiger charge is -2.08. The van der Waals surface area contributed by atoms with Gasteiger partial charge in [-0.25, -0.2) is 13.8 Å². The van der Waals surface area contributed by atoms with Crippen LogP contribution in [0.25, 0.3) is 0 Å². The maximum Gasteiger partial charge on any atom is 0.288 e. The van der Waals surface area contributed by atoms with Gasteiger partial charge in [-0.3, -0.25) is 10.1 Å². The van der Waals surface area contributed by atoms with Crippen LogP contribution in [0, 0.1) is 10.1 Å². The number of rotatable bonds is 5. The quantitative estimate of drug-likeness (QED) is 0.639. The molecule has 0 bridgehead atoms. The summed E-state index contributed by atoms with van der Waals surface area (Å²) in [7, 11) is 0. The van der Waals surface area contributed by atoms with E-state index in [4.69, 9.17) is 0 Å². The number of anilines is 1. The van der Waals surface area contributed by atoms with Crippen molar-refractivity contribution in [3.63, 3.8) is 0 Å². The highest BCUT2D eigenvalue weighted by Gasteiger charge is 2.10. The van der Waals surface area contributed by atoms with E-state index in [1.54, 1.807) is 12.1 Å². The molecule has 0 saturated carbocycles. The number of pyridine rings is 1. The predicted octanol–water partition coefficient (Wildman–Crippen LogP) is 4.30. The van der Waals surface area contributed by atoms with Crippen LogP contribution in [-0.2, 0) is 6.54 Å². The fourth-order valence-electron chi connectivity index (χ4n) is 1.62. The molecule has 0 fully saturated rings. The molecule has 5 nitrogen and oxygen atoms in total. The summed E-state index contributed by atoms with van der Waals surface area (Å²) in [4.78, 5) is 14.0. The van der Waals surface area contributed by atoms with Gasteiger partial charge in [-0.1, -0.05) is 24.3 Å². The Balaban J connectivity index is 2.04. The van der Waals surface area contributed by atoms with E-state index in [2.05, 4.69) is 26.2 Å². The molecule has 21 heavy (non-hydrogen) atoms. The van der Waals surface area contributed by atoms with E-state index in [0.717, 1.165) is 11.8 Å². The van der Waals surface area contributed by atoms with Gasteiger partial charge in [-0.15, -0.1) is 0 Å². The van der Waals surface area contributed by atoms with Crippen LogP contribution in [0.2, 0.25) is 0 Å². The Morgan fingerprint density at radius 1 is 1.33 bits per heavy atom. The number of hydrogen-bond acceptors (Lipinski definition) is 4. The maximum absolute atomic E-state index is 12.4. The van der Waals surface area contributed by atoms with Gasteiger partial charge in [0.15, 0.2) is 0 Å². The van der Waals surface area contributed by atoms with Crippen molar-refractivity contribution >= 4 is 27.4 Å². The molecule has 110 valence electrons. The standard InChI is InChI=1S/C13H10BrF2N3O2/c14-11-5-10(19(20)21)7-18-13(11)17-6-8-1-3-9(4-2-8)12(15)16/h1-5,7,12H,6H2,(H,17,18). The molecule has 1 heterocycles. The fourth-order valence-corrected chi connectivity index (χ4v) is 2.10. The number of nitrogens with one attached hydrogen (secondary N) is 1. The van der Waals surface area contributed by atoms with Crippen LogP contribution in [0.1, 0.15) is 17.6 Å². The Labute approximate surface area is 127 Å². The van der Waals surface area contributed by atoms with Crippen LogP contribution in [0.3, 0.4) is 0 Å². The highest BCUT2D eigenvalue weighted by molar-refractivity contribution is 9.10. The molecule has 0 aliphatic rings. The van der Waals surface area contributed by atoms with Gasteiger partial charge in [-0.2, -0.15) is 0 Å². The van der Waals surface area contributed by atoms with Gasteiger partial charge in [0.05, 0.1) is 9.40 Å². The molecule has 2 aromatic rings. The summed E-state index contributed by atoms with van der Waals surface area (Å²) in [6, 6.07) is 7.25. The van der Waals surface area contributed by atoms with Crippen molar-refractivity contribution in [2.45, 2.75) is 13.0 Å². The van der Waals surface area contributed by atoms with Crippen molar-refractivity contribution in [3.8, 4) is 0 Å². The lowest BCUT2D eigenvalue weighted by Crippen LogP contribution is -2.03. The van der Waals surface area contributed by atoms with E-state index in [-0.39, 0.29) is 11.3 Å². The van der Waals surface area contributed by atoms with Gasteiger partial charge >= 0.3 is 0 Å². The molecular formula is C13H10BrF2N3O2. The van der Waals surface area contributed by atoms with Crippen molar-refractivity contribution in [1.82, 2.24) is 4.98 Å². The average Bonchev–Trinajstić information content (AvgIpc) is 2.46. The normalized spacial score (nSPS) is 10.7. The van der Waals surface area contributed by atoms with Crippen LogP contribution in [-0.4, -0.2) is 9.91 Å². The molecule has 1 aromatic heterocycles. The number of nitrogens with zero attached hydrogens (tertiary/aromatic N) is 2. The van der Waals surface area contributed by atoms with Gasteiger partial charge < -0.3 is 5.32 Å². The molecule has 1 N–H and O–H groups in total. The van der Waals surface area contributed by atoms with Crippen molar-refractivity contribution < 1.29 is 13.7 Å². The molecule has 0 unspecified atom stereocenters. The first kappa shape index (κ1) is 15.3. The Bertz CT molecular complexity index is 650. The van der Waals surface area contributed by atoms with E-state index in [9.17, 15) is 18.9 Å². The van der Waals surface area contributed by atoms with E-state index < -0.39 is 11.3 Å². The lowest BCUT2D eigenvalue weighted by atomic mass is 10.1. The summed E-state index contributed by atoms with van der Waals surface area (Å²) < 4.78 is 25.3. The number of hydrogen-bond donors (Lipinski definition) is 1.